The van der Waals surface area contributed by atoms with Gasteiger partial charge in [0.25, 0.3) is 10.0 Å². The number of thiophene rings is 1. The van der Waals surface area contributed by atoms with Crippen LogP contribution in [0.4, 0.5) is 15.8 Å². The predicted octanol–water partition coefficient (Wildman–Crippen LogP) is 4.64. The van der Waals surface area contributed by atoms with E-state index in [1.165, 1.54) is 35.6 Å². The van der Waals surface area contributed by atoms with Gasteiger partial charge in [0.1, 0.15) is 11.6 Å². The van der Waals surface area contributed by atoms with Crippen LogP contribution in [0.15, 0.2) is 70.9 Å². The maximum absolute atomic E-state index is 13.0. The third-order valence-corrected chi connectivity index (χ3v) is 6.91. The molecule has 0 atom stereocenters. The first-order valence-electron chi connectivity index (χ1n) is 10.00. The lowest BCUT2D eigenvalue weighted by molar-refractivity contribution is -0.122. The summed E-state index contributed by atoms with van der Waals surface area (Å²) < 4.78 is 40.0. The van der Waals surface area contributed by atoms with E-state index in [4.69, 9.17) is 0 Å². The van der Waals surface area contributed by atoms with Crippen molar-refractivity contribution < 1.29 is 27.2 Å². The number of rotatable bonds is 11. The first-order valence-corrected chi connectivity index (χ1v) is 12.4. The van der Waals surface area contributed by atoms with Crippen molar-refractivity contribution in [3.8, 4) is 0 Å². The molecule has 0 spiro atoms. The van der Waals surface area contributed by atoms with Gasteiger partial charge in [-0.3, -0.25) is 19.1 Å². The van der Waals surface area contributed by atoms with Crippen molar-refractivity contribution in [1.29, 1.82) is 0 Å². The number of anilines is 2. The Morgan fingerprint density at radius 1 is 0.818 bits per heavy atom. The van der Waals surface area contributed by atoms with Crippen LogP contribution in [0.25, 0.3) is 0 Å². The molecule has 33 heavy (non-hydrogen) atoms. The van der Waals surface area contributed by atoms with Crippen molar-refractivity contribution in [1.82, 2.24) is 0 Å². The van der Waals surface area contributed by atoms with E-state index in [0.717, 1.165) is 24.3 Å². The van der Waals surface area contributed by atoms with Gasteiger partial charge in [0.05, 0.1) is 9.77 Å². The predicted molar refractivity (Wildman–Crippen MR) is 124 cm³/mol. The number of hydrogen-bond donors (Lipinski definition) is 2. The summed E-state index contributed by atoms with van der Waals surface area (Å²) in [5.41, 5.74) is 0.702. The van der Waals surface area contributed by atoms with E-state index in [0.29, 0.717) is 10.6 Å². The van der Waals surface area contributed by atoms with Crippen LogP contribution >= 0.6 is 11.3 Å². The second-order valence-electron chi connectivity index (χ2n) is 7.12. The largest absolute Gasteiger partial charge is 0.326 e. The highest BCUT2D eigenvalue weighted by molar-refractivity contribution is 7.92. The fourth-order valence-electron chi connectivity index (χ4n) is 2.86. The number of halogens is 1. The molecule has 0 aliphatic heterocycles. The molecule has 3 rings (SSSR count). The average Bonchev–Trinajstić information content (AvgIpc) is 3.33. The third kappa shape index (κ3) is 7.33. The van der Waals surface area contributed by atoms with Crippen molar-refractivity contribution in [2.45, 2.75) is 30.6 Å². The first-order chi connectivity index (χ1) is 15.7. The smallest absolute Gasteiger partial charge is 0.261 e. The Bertz CT molecular complexity index is 1220. The van der Waals surface area contributed by atoms with Crippen LogP contribution in [0.1, 0.15) is 35.4 Å². The summed E-state index contributed by atoms with van der Waals surface area (Å²) >= 11 is 1.33. The number of carbonyl (C=O) groups is 3. The van der Waals surface area contributed by atoms with E-state index in [2.05, 4.69) is 10.0 Å². The maximum Gasteiger partial charge on any atom is 0.261 e. The minimum Gasteiger partial charge on any atom is -0.326 e. The summed E-state index contributed by atoms with van der Waals surface area (Å²) in [6.45, 7) is 0. The van der Waals surface area contributed by atoms with Gasteiger partial charge in [-0.25, -0.2) is 12.8 Å². The van der Waals surface area contributed by atoms with Crippen LogP contribution < -0.4 is 10.0 Å². The molecule has 1 aromatic heterocycles. The zero-order valence-corrected chi connectivity index (χ0v) is 19.0. The molecule has 172 valence electrons. The fourth-order valence-corrected chi connectivity index (χ4v) is 4.62. The number of Topliss-reactive ketones (excluding diaryl/α,β-unsaturated/α-hetero) is 2. The van der Waals surface area contributed by atoms with Gasteiger partial charge in [0, 0.05) is 37.1 Å². The molecule has 1 heterocycles. The highest BCUT2D eigenvalue weighted by atomic mass is 32.2. The fraction of sp³-hybridized carbons (Fsp3) is 0.174. The molecule has 0 unspecified atom stereocenters. The normalized spacial score (nSPS) is 11.1. The number of nitrogens with one attached hydrogen (secondary N) is 2. The quantitative estimate of drug-likeness (QED) is 0.382. The highest BCUT2D eigenvalue weighted by Crippen LogP contribution is 2.19. The Hall–Kier alpha value is -3.37. The number of ketones is 2. The third-order valence-electron chi connectivity index (χ3n) is 4.60. The lowest BCUT2D eigenvalue weighted by Crippen LogP contribution is -2.14. The molecular weight excluding hydrogens is 467 g/mol. The Balaban J connectivity index is 1.44. The molecule has 0 bridgehead atoms. The molecular formula is C23H21FN2O5S2. The molecule has 2 N–H and O–H groups in total. The average molecular weight is 489 g/mol. The Morgan fingerprint density at radius 2 is 1.45 bits per heavy atom. The molecule has 0 saturated heterocycles. The summed E-state index contributed by atoms with van der Waals surface area (Å²) in [6, 6.07) is 13.9. The minimum atomic E-state index is -3.88. The molecule has 0 fully saturated rings. The molecule has 1 amide bonds. The van der Waals surface area contributed by atoms with Gasteiger partial charge < -0.3 is 5.32 Å². The molecule has 2 aromatic carbocycles. The standard InChI is InChI=1S/C23H21FN2O5S2/c24-16-3-11-20(12-4-16)33(30,31)26-18-7-5-17(6-8-18)25-23(29)14-10-19(27)9-13-21(28)22-2-1-15-32-22/h1-8,11-12,15,26H,9-10,13-14H2,(H,25,29). The van der Waals surface area contributed by atoms with Gasteiger partial charge >= 0.3 is 0 Å². The van der Waals surface area contributed by atoms with Crippen LogP contribution in [0.3, 0.4) is 0 Å². The van der Waals surface area contributed by atoms with E-state index in [-0.39, 0.29) is 53.7 Å². The summed E-state index contributed by atoms with van der Waals surface area (Å²) in [7, 11) is -3.88. The molecule has 10 heteroatoms. The summed E-state index contributed by atoms with van der Waals surface area (Å²) in [5, 5.41) is 4.44. The van der Waals surface area contributed by atoms with Crippen molar-refractivity contribution in [2.24, 2.45) is 0 Å². The van der Waals surface area contributed by atoms with Crippen molar-refractivity contribution in [2.75, 3.05) is 10.0 Å². The summed E-state index contributed by atoms with van der Waals surface area (Å²) in [4.78, 5) is 36.5. The lowest BCUT2D eigenvalue weighted by Gasteiger charge is -2.10. The molecule has 0 saturated carbocycles. The van der Waals surface area contributed by atoms with Crippen molar-refractivity contribution in [3.05, 3.63) is 76.7 Å². The Morgan fingerprint density at radius 3 is 2.09 bits per heavy atom. The van der Waals surface area contributed by atoms with E-state index in [1.807, 2.05) is 0 Å². The molecule has 3 aromatic rings. The van der Waals surface area contributed by atoms with Gasteiger partial charge in [-0.05, 0) is 60.0 Å². The number of carbonyl (C=O) groups excluding carboxylic acids is 3. The van der Waals surface area contributed by atoms with E-state index >= 15 is 0 Å². The van der Waals surface area contributed by atoms with Gasteiger partial charge in [0.2, 0.25) is 5.91 Å². The molecule has 0 aliphatic carbocycles. The van der Waals surface area contributed by atoms with Gasteiger partial charge in [-0.1, -0.05) is 6.07 Å². The van der Waals surface area contributed by atoms with Crippen molar-refractivity contribution >= 4 is 50.2 Å². The minimum absolute atomic E-state index is 0.0228. The van der Waals surface area contributed by atoms with E-state index in [9.17, 15) is 27.2 Å². The van der Waals surface area contributed by atoms with Crippen LogP contribution in [0.5, 0.6) is 0 Å². The molecule has 0 aliphatic rings. The summed E-state index contributed by atoms with van der Waals surface area (Å²) in [5.74, 6) is -1.16. The molecule has 7 nitrogen and oxygen atoms in total. The number of sulfonamides is 1. The number of amides is 1. The van der Waals surface area contributed by atoms with Crippen LogP contribution in [-0.2, 0) is 19.6 Å². The second-order valence-corrected chi connectivity index (χ2v) is 9.75. The molecule has 0 radical (unpaired) electrons. The van der Waals surface area contributed by atoms with Crippen molar-refractivity contribution in [3.63, 3.8) is 0 Å². The van der Waals surface area contributed by atoms with Crippen LogP contribution in [0.2, 0.25) is 0 Å². The monoisotopic (exact) mass is 488 g/mol. The highest BCUT2D eigenvalue weighted by Gasteiger charge is 2.15. The van der Waals surface area contributed by atoms with Crippen LogP contribution in [0, 0.1) is 5.82 Å². The summed E-state index contributed by atoms with van der Waals surface area (Å²) in [6.07, 6.45) is 0.216. The Kier molecular flexibility index (Phi) is 8.07. The zero-order chi connectivity index (χ0) is 23.8. The first kappa shape index (κ1) is 24.3. The zero-order valence-electron chi connectivity index (χ0n) is 17.4. The van der Waals surface area contributed by atoms with Gasteiger partial charge in [-0.2, -0.15) is 0 Å². The SMILES string of the molecule is O=C(CCC(=O)Nc1ccc(NS(=O)(=O)c2ccc(F)cc2)cc1)CCC(=O)c1cccs1. The van der Waals surface area contributed by atoms with E-state index < -0.39 is 15.8 Å². The lowest BCUT2D eigenvalue weighted by atomic mass is 10.1. The topological polar surface area (TPSA) is 109 Å². The van der Waals surface area contributed by atoms with Gasteiger partial charge in [-0.15, -0.1) is 11.3 Å². The Labute approximate surface area is 194 Å². The second kappa shape index (κ2) is 11.0. The number of benzene rings is 2. The van der Waals surface area contributed by atoms with E-state index in [1.54, 1.807) is 17.5 Å². The number of hydrogen-bond acceptors (Lipinski definition) is 6. The maximum atomic E-state index is 13.0. The van der Waals surface area contributed by atoms with Crippen LogP contribution in [-0.4, -0.2) is 25.9 Å². The van der Waals surface area contributed by atoms with Gasteiger partial charge in [0.15, 0.2) is 5.78 Å².